The third-order valence-corrected chi connectivity index (χ3v) is 3.02. The molecule has 0 saturated carbocycles. The van der Waals surface area contributed by atoms with Crippen molar-refractivity contribution in [1.82, 2.24) is 9.78 Å². The van der Waals surface area contributed by atoms with E-state index >= 15 is 0 Å². The Morgan fingerprint density at radius 1 is 1.37 bits per heavy atom. The van der Waals surface area contributed by atoms with Crippen molar-refractivity contribution < 1.29 is 4.79 Å². The summed E-state index contributed by atoms with van der Waals surface area (Å²) in [4.78, 5) is 12.1. The van der Waals surface area contributed by atoms with Gasteiger partial charge in [0.1, 0.15) is 5.69 Å². The number of amides is 1. The Hall–Kier alpha value is -1.81. The van der Waals surface area contributed by atoms with Gasteiger partial charge in [0.05, 0.1) is 5.69 Å². The number of nitrogens with zero attached hydrogens (tertiary/aromatic N) is 2. The minimum absolute atomic E-state index is 0.167. The summed E-state index contributed by atoms with van der Waals surface area (Å²) in [6.07, 6.45) is 1.89. The molecule has 0 fully saturated rings. The number of halogens is 1. The number of rotatable bonds is 4. The van der Waals surface area contributed by atoms with E-state index in [1.807, 2.05) is 6.07 Å². The van der Waals surface area contributed by atoms with Crippen LogP contribution in [-0.2, 0) is 13.5 Å². The lowest BCUT2D eigenvalue weighted by atomic mass is 10.2. The van der Waals surface area contributed by atoms with Gasteiger partial charge < -0.3 is 5.32 Å². The van der Waals surface area contributed by atoms with E-state index in [0.29, 0.717) is 16.4 Å². The maximum absolute atomic E-state index is 12.1. The molecular formula is C14H16ClN3O. The van der Waals surface area contributed by atoms with Crippen LogP contribution in [0.1, 0.15) is 29.5 Å². The van der Waals surface area contributed by atoms with Crippen LogP contribution in [0.2, 0.25) is 5.02 Å². The third kappa shape index (κ3) is 3.35. The van der Waals surface area contributed by atoms with Gasteiger partial charge in [-0.15, -0.1) is 0 Å². The van der Waals surface area contributed by atoms with Gasteiger partial charge >= 0.3 is 0 Å². The quantitative estimate of drug-likeness (QED) is 0.932. The number of aryl methyl sites for hydroxylation is 2. The summed E-state index contributed by atoms with van der Waals surface area (Å²) in [5, 5.41) is 7.78. The molecule has 1 heterocycles. The lowest BCUT2D eigenvalue weighted by Crippen LogP contribution is -2.15. The van der Waals surface area contributed by atoms with Crippen LogP contribution in [0.3, 0.4) is 0 Å². The van der Waals surface area contributed by atoms with E-state index in [4.69, 9.17) is 11.6 Å². The topological polar surface area (TPSA) is 46.9 Å². The van der Waals surface area contributed by atoms with E-state index in [1.165, 1.54) is 0 Å². The van der Waals surface area contributed by atoms with Gasteiger partial charge in [-0.25, -0.2) is 0 Å². The van der Waals surface area contributed by atoms with Crippen LogP contribution in [0, 0.1) is 0 Å². The molecule has 2 aromatic rings. The van der Waals surface area contributed by atoms with Gasteiger partial charge in [0, 0.05) is 17.8 Å². The van der Waals surface area contributed by atoms with Crippen molar-refractivity contribution in [1.29, 1.82) is 0 Å². The minimum atomic E-state index is -0.167. The van der Waals surface area contributed by atoms with Gasteiger partial charge in [0.2, 0.25) is 0 Å². The number of carbonyl (C=O) groups is 1. The average molecular weight is 278 g/mol. The second kappa shape index (κ2) is 5.89. The predicted molar refractivity (Wildman–Crippen MR) is 76.6 cm³/mol. The minimum Gasteiger partial charge on any atom is -0.321 e. The second-order valence-electron chi connectivity index (χ2n) is 4.36. The summed E-state index contributed by atoms with van der Waals surface area (Å²) in [6, 6.07) is 8.84. The molecule has 0 aliphatic heterocycles. The zero-order valence-corrected chi connectivity index (χ0v) is 11.7. The first-order valence-electron chi connectivity index (χ1n) is 6.20. The van der Waals surface area contributed by atoms with E-state index in [2.05, 4.69) is 17.3 Å². The molecular weight excluding hydrogens is 262 g/mol. The molecule has 1 N–H and O–H groups in total. The highest BCUT2D eigenvalue weighted by atomic mass is 35.5. The number of hydrogen-bond donors (Lipinski definition) is 1. The molecule has 19 heavy (non-hydrogen) atoms. The maximum Gasteiger partial charge on any atom is 0.273 e. The van der Waals surface area contributed by atoms with Gasteiger partial charge in [0.15, 0.2) is 0 Å². The molecule has 0 spiro atoms. The molecule has 100 valence electrons. The normalized spacial score (nSPS) is 10.5. The molecule has 0 atom stereocenters. The fraction of sp³-hybridized carbons (Fsp3) is 0.286. The van der Waals surface area contributed by atoms with Crippen LogP contribution in [0.4, 0.5) is 5.69 Å². The summed E-state index contributed by atoms with van der Waals surface area (Å²) in [7, 11) is 1.77. The van der Waals surface area contributed by atoms with E-state index in [0.717, 1.165) is 18.5 Å². The fourth-order valence-corrected chi connectivity index (χ4v) is 1.97. The van der Waals surface area contributed by atoms with Crippen LogP contribution in [-0.4, -0.2) is 15.7 Å². The van der Waals surface area contributed by atoms with E-state index in [-0.39, 0.29) is 5.91 Å². The van der Waals surface area contributed by atoms with Crippen LogP contribution < -0.4 is 5.32 Å². The van der Waals surface area contributed by atoms with Gasteiger partial charge in [-0.1, -0.05) is 24.9 Å². The standard InChI is InChI=1S/C14H16ClN3O/c1-3-4-12-9-13(18(2)17-12)14(19)16-11-7-5-10(15)6-8-11/h5-9H,3-4H2,1-2H3,(H,16,19). The Bertz CT molecular complexity index is 575. The zero-order valence-electron chi connectivity index (χ0n) is 11.0. The Labute approximate surface area is 117 Å². The molecule has 5 heteroatoms. The van der Waals surface area contributed by atoms with E-state index < -0.39 is 0 Å². The molecule has 1 aromatic heterocycles. The van der Waals surface area contributed by atoms with Crippen molar-refractivity contribution in [2.45, 2.75) is 19.8 Å². The maximum atomic E-state index is 12.1. The third-order valence-electron chi connectivity index (χ3n) is 2.77. The molecule has 0 bridgehead atoms. The Morgan fingerprint density at radius 3 is 2.68 bits per heavy atom. The van der Waals surface area contributed by atoms with E-state index in [1.54, 1.807) is 36.0 Å². The van der Waals surface area contributed by atoms with Crippen LogP contribution >= 0.6 is 11.6 Å². The first kappa shape index (κ1) is 13.6. The monoisotopic (exact) mass is 277 g/mol. The van der Waals surface area contributed by atoms with Crippen molar-refractivity contribution in [3.8, 4) is 0 Å². The van der Waals surface area contributed by atoms with Gasteiger partial charge in [0.25, 0.3) is 5.91 Å². The lowest BCUT2D eigenvalue weighted by molar-refractivity contribution is 0.101. The fourth-order valence-electron chi connectivity index (χ4n) is 1.85. The summed E-state index contributed by atoms with van der Waals surface area (Å²) < 4.78 is 1.61. The highest BCUT2D eigenvalue weighted by Gasteiger charge is 2.13. The summed E-state index contributed by atoms with van der Waals surface area (Å²) in [5.41, 5.74) is 2.21. The summed E-state index contributed by atoms with van der Waals surface area (Å²) >= 11 is 5.80. The highest BCUT2D eigenvalue weighted by molar-refractivity contribution is 6.30. The van der Waals surface area contributed by atoms with E-state index in [9.17, 15) is 4.79 Å². The van der Waals surface area contributed by atoms with Crippen molar-refractivity contribution in [3.63, 3.8) is 0 Å². The molecule has 0 unspecified atom stereocenters. The average Bonchev–Trinajstić information content (AvgIpc) is 2.74. The van der Waals surface area contributed by atoms with Crippen molar-refractivity contribution in [3.05, 3.63) is 46.7 Å². The van der Waals surface area contributed by atoms with Crippen molar-refractivity contribution in [2.24, 2.45) is 7.05 Å². The van der Waals surface area contributed by atoms with Crippen LogP contribution in [0.25, 0.3) is 0 Å². The SMILES string of the molecule is CCCc1cc(C(=O)Nc2ccc(Cl)cc2)n(C)n1. The second-order valence-corrected chi connectivity index (χ2v) is 4.79. The number of benzene rings is 1. The first-order valence-corrected chi connectivity index (χ1v) is 6.57. The molecule has 1 aromatic carbocycles. The molecule has 2 rings (SSSR count). The largest absolute Gasteiger partial charge is 0.321 e. The molecule has 0 saturated heterocycles. The summed E-state index contributed by atoms with van der Waals surface area (Å²) in [6.45, 7) is 2.09. The number of anilines is 1. The van der Waals surface area contributed by atoms with Gasteiger partial charge in [-0.2, -0.15) is 5.10 Å². The molecule has 0 aliphatic carbocycles. The molecule has 0 radical (unpaired) electrons. The summed E-state index contributed by atoms with van der Waals surface area (Å²) in [5.74, 6) is -0.167. The number of hydrogen-bond acceptors (Lipinski definition) is 2. The molecule has 4 nitrogen and oxygen atoms in total. The number of aromatic nitrogens is 2. The number of nitrogens with one attached hydrogen (secondary N) is 1. The highest BCUT2D eigenvalue weighted by Crippen LogP contribution is 2.15. The molecule has 1 amide bonds. The Balaban J connectivity index is 2.13. The smallest absolute Gasteiger partial charge is 0.273 e. The Morgan fingerprint density at radius 2 is 2.05 bits per heavy atom. The first-order chi connectivity index (χ1) is 9.10. The van der Waals surface area contributed by atoms with Crippen LogP contribution in [0.15, 0.2) is 30.3 Å². The van der Waals surface area contributed by atoms with Gasteiger partial charge in [-0.3, -0.25) is 9.48 Å². The van der Waals surface area contributed by atoms with Crippen LogP contribution in [0.5, 0.6) is 0 Å². The van der Waals surface area contributed by atoms with Gasteiger partial charge in [-0.05, 0) is 36.8 Å². The predicted octanol–water partition coefficient (Wildman–Crippen LogP) is 3.28. The number of carbonyl (C=O) groups excluding carboxylic acids is 1. The zero-order chi connectivity index (χ0) is 13.8. The van der Waals surface area contributed by atoms with Crippen molar-refractivity contribution >= 4 is 23.2 Å². The Kier molecular flexibility index (Phi) is 4.22. The lowest BCUT2D eigenvalue weighted by Gasteiger charge is -2.04. The molecule has 0 aliphatic rings. The van der Waals surface area contributed by atoms with Crippen molar-refractivity contribution in [2.75, 3.05) is 5.32 Å².